The molecule has 0 unspecified atom stereocenters. The van der Waals surface area contributed by atoms with Gasteiger partial charge in [0.25, 0.3) is 0 Å². The fourth-order valence-corrected chi connectivity index (χ4v) is 3.12. The molecule has 0 aromatic heterocycles. The number of hydrogen-bond acceptors (Lipinski definition) is 3. The average Bonchev–Trinajstić information content (AvgIpc) is 2.40. The first-order chi connectivity index (χ1) is 8.19. The van der Waals surface area contributed by atoms with Gasteiger partial charge in [-0.2, -0.15) is 0 Å². The summed E-state index contributed by atoms with van der Waals surface area (Å²) in [5.74, 6) is 0. The van der Waals surface area contributed by atoms with E-state index < -0.39 is 0 Å². The summed E-state index contributed by atoms with van der Waals surface area (Å²) in [6.07, 6.45) is 4.40. The molecule has 4 heteroatoms. The van der Waals surface area contributed by atoms with Gasteiger partial charge in [0, 0.05) is 18.0 Å². The molecule has 0 spiro atoms. The van der Waals surface area contributed by atoms with Gasteiger partial charge >= 0.3 is 0 Å². The van der Waals surface area contributed by atoms with E-state index in [9.17, 15) is 4.39 Å². The fourth-order valence-electron chi connectivity index (χ4n) is 3.12. The van der Waals surface area contributed by atoms with E-state index in [4.69, 9.17) is 5.73 Å². The highest BCUT2D eigenvalue weighted by Crippen LogP contribution is 2.32. The minimum Gasteiger partial charge on any atom is -0.330 e. The van der Waals surface area contributed by atoms with Gasteiger partial charge < -0.3 is 15.5 Å². The molecule has 3 nitrogen and oxygen atoms in total. The number of piperidine rings is 2. The number of rotatable bonds is 3. The molecule has 2 saturated heterocycles. The van der Waals surface area contributed by atoms with Crippen molar-refractivity contribution in [2.24, 2.45) is 11.1 Å². The summed E-state index contributed by atoms with van der Waals surface area (Å²) in [7, 11) is 2.19. The predicted molar refractivity (Wildman–Crippen MR) is 68.8 cm³/mol. The van der Waals surface area contributed by atoms with E-state index in [1.165, 1.54) is 25.9 Å². The normalized spacial score (nSPS) is 28.4. The summed E-state index contributed by atoms with van der Waals surface area (Å²) in [6.45, 7) is 4.74. The third-order valence-electron chi connectivity index (χ3n) is 4.78. The van der Waals surface area contributed by atoms with Gasteiger partial charge in [-0.05, 0) is 58.9 Å². The van der Waals surface area contributed by atoms with Crippen molar-refractivity contribution in [2.45, 2.75) is 31.7 Å². The Hall–Kier alpha value is -0.190. The SMILES string of the molecule is CN1CCC(N2CCC(CN)(CF)CC2)CC1. The van der Waals surface area contributed by atoms with Gasteiger partial charge in [-0.25, -0.2) is 0 Å². The zero-order valence-corrected chi connectivity index (χ0v) is 11.0. The number of hydrogen-bond donors (Lipinski definition) is 1. The number of nitrogens with two attached hydrogens (primary N) is 1. The van der Waals surface area contributed by atoms with Crippen molar-refractivity contribution in [3.63, 3.8) is 0 Å². The van der Waals surface area contributed by atoms with E-state index in [1.54, 1.807) is 0 Å². The fraction of sp³-hybridized carbons (Fsp3) is 1.00. The van der Waals surface area contributed by atoms with Gasteiger partial charge in [-0.1, -0.05) is 0 Å². The highest BCUT2D eigenvalue weighted by atomic mass is 19.1. The van der Waals surface area contributed by atoms with Crippen LogP contribution in [0.4, 0.5) is 4.39 Å². The molecule has 0 aliphatic carbocycles. The zero-order chi connectivity index (χ0) is 12.3. The van der Waals surface area contributed by atoms with Crippen LogP contribution >= 0.6 is 0 Å². The van der Waals surface area contributed by atoms with Crippen LogP contribution in [0.2, 0.25) is 0 Å². The van der Waals surface area contributed by atoms with Crippen LogP contribution in [0.1, 0.15) is 25.7 Å². The predicted octanol–water partition coefficient (Wildman–Crippen LogP) is 1.09. The van der Waals surface area contributed by atoms with Crippen molar-refractivity contribution < 1.29 is 4.39 Å². The van der Waals surface area contributed by atoms with Gasteiger partial charge in [0.2, 0.25) is 0 Å². The smallest absolute Gasteiger partial charge is 0.0963 e. The van der Waals surface area contributed by atoms with E-state index >= 15 is 0 Å². The molecule has 0 amide bonds. The molecular weight excluding hydrogens is 217 g/mol. The van der Waals surface area contributed by atoms with Gasteiger partial charge in [0.15, 0.2) is 0 Å². The highest BCUT2D eigenvalue weighted by molar-refractivity contribution is 4.89. The van der Waals surface area contributed by atoms with Crippen LogP contribution in [0.5, 0.6) is 0 Å². The lowest BCUT2D eigenvalue weighted by Gasteiger charge is -2.44. The first-order valence-electron chi connectivity index (χ1n) is 6.88. The maximum absolute atomic E-state index is 13.0. The number of alkyl halides is 1. The molecule has 0 aromatic rings. The Morgan fingerprint density at radius 3 is 2.24 bits per heavy atom. The van der Waals surface area contributed by atoms with E-state index in [0.29, 0.717) is 6.54 Å². The van der Waals surface area contributed by atoms with Crippen LogP contribution in [0.15, 0.2) is 0 Å². The molecule has 17 heavy (non-hydrogen) atoms. The van der Waals surface area contributed by atoms with Crippen molar-refractivity contribution in [1.29, 1.82) is 0 Å². The molecule has 2 rings (SSSR count). The van der Waals surface area contributed by atoms with Gasteiger partial charge in [-0.3, -0.25) is 4.39 Å². The molecule has 2 heterocycles. The number of nitrogens with zero attached hydrogens (tertiary/aromatic N) is 2. The molecule has 100 valence electrons. The summed E-state index contributed by atoms with van der Waals surface area (Å²) in [4.78, 5) is 4.96. The zero-order valence-electron chi connectivity index (χ0n) is 11.0. The van der Waals surface area contributed by atoms with Gasteiger partial charge in [0.1, 0.15) is 0 Å². The molecule has 2 aliphatic heterocycles. The summed E-state index contributed by atoms with van der Waals surface area (Å²) < 4.78 is 13.0. The van der Waals surface area contributed by atoms with Crippen LogP contribution in [0.3, 0.4) is 0 Å². The number of halogens is 1. The monoisotopic (exact) mass is 243 g/mol. The van der Waals surface area contributed by atoms with E-state index in [1.807, 2.05) is 0 Å². The van der Waals surface area contributed by atoms with Gasteiger partial charge in [0.05, 0.1) is 6.67 Å². The number of likely N-dealkylation sites (tertiary alicyclic amines) is 2. The summed E-state index contributed by atoms with van der Waals surface area (Å²) >= 11 is 0. The maximum Gasteiger partial charge on any atom is 0.0963 e. The molecule has 2 fully saturated rings. The van der Waals surface area contributed by atoms with Crippen molar-refractivity contribution in [3.8, 4) is 0 Å². The minimum absolute atomic E-state index is 0.206. The largest absolute Gasteiger partial charge is 0.330 e. The molecule has 2 N–H and O–H groups in total. The highest BCUT2D eigenvalue weighted by Gasteiger charge is 2.35. The minimum atomic E-state index is -0.245. The Morgan fingerprint density at radius 1 is 1.18 bits per heavy atom. The van der Waals surface area contributed by atoms with Crippen molar-refractivity contribution in [2.75, 3.05) is 46.4 Å². The summed E-state index contributed by atoms with van der Waals surface area (Å²) in [5.41, 5.74) is 5.52. The van der Waals surface area contributed by atoms with Crippen LogP contribution in [0, 0.1) is 5.41 Å². The molecule has 0 saturated carbocycles. The van der Waals surface area contributed by atoms with Crippen molar-refractivity contribution >= 4 is 0 Å². The quantitative estimate of drug-likeness (QED) is 0.805. The lowest BCUT2D eigenvalue weighted by molar-refractivity contribution is 0.0384. The Kier molecular flexibility index (Phi) is 4.39. The molecule has 0 bridgehead atoms. The van der Waals surface area contributed by atoms with Crippen LogP contribution in [-0.4, -0.2) is 62.3 Å². The van der Waals surface area contributed by atoms with Crippen LogP contribution in [0.25, 0.3) is 0 Å². The standard InChI is InChI=1S/C13H26FN3/c1-16-6-2-12(3-7-16)17-8-4-13(10-14,11-15)5-9-17/h12H,2-11,15H2,1H3. The second-order valence-electron chi connectivity index (χ2n) is 5.91. The average molecular weight is 243 g/mol. The van der Waals surface area contributed by atoms with Crippen molar-refractivity contribution in [3.05, 3.63) is 0 Å². The molecular formula is C13H26FN3. The second kappa shape index (κ2) is 5.63. The summed E-state index contributed by atoms with van der Waals surface area (Å²) in [6, 6.07) is 0.724. The molecule has 0 atom stereocenters. The molecule has 0 radical (unpaired) electrons. The molecule has 0 aromatic carbocycles. The van der Waals surface area contributed by atoms with Crippen molar-refractivity contribution in [1.82, 2.24) is 9.80 Å². The first-order valence-corrected chi connectivity index (χ1v) is 6.88. The Bertz CT molecular complexity index is 225. The Morgan fingerprint density at radius 2 is 1.76 bits per heavy atom. The summed E-state index contributed by atoms with van der Waals surface area (Å²) in [5, 5.41) is 0. The van der Waals surface area contributed by atoms with E-state index in [0.717, 1.165) is 32.0 Å². The molecule has 2 aliphatic rings. The topological polar surface area (TPSA) is 32.5 Å². The Labute approximate surface area is 104 Å². The first kappa shape index (κ1) is 13.2. The van der Waals surface area contributed by atoms with Crippen LogP contribution in [-0.2, 0) is 0 Å². The second-order valence-corrected chi connectivity index (χ2v) is 5.91. The Balaban J connectivity index is 1.82. The lowest BCUT2D eigenvalue weighted by atomic mass is 9.79. The third kappa shape index (κ3) is 2.98. The van der Waals surface area contributed by atoms with E-state index in [2.05, 4.69) is 16.8 Å². The third-order valence-corrected chi connectivity index (χ3v) is 4.78. The van der Waals surface area contributed by atoms with E-state index in [-0.39, 0.29) is 12.1 Å². The van der Waals surface area contributed by atoms with Crippen LogP contribution < -0.4 is 5.73 Å². The van der Waals surface area contributed by atoms with Gasteiger partial charge in [-0.15, -0.1) is 0 Å². The maximum atomic E-state index is 13.0. The lowest BCUT2D eigenvalue weighted by Crippen LogP contribution is -2.51.